The lowest BCUT2D eigenvalue weighted by Gasteiger charge is -2.26. The van der Waals surface area contributed by atoms with E-state index in [1.54, 1.807) is 0 Å². The molecular weight excluding hydrogens is 260 g/mol. The summed E-state index contributed by atoms with van der Waals surface area (Å²) in [6.45, 7) is 1.11. The molecule has 0 saturated carbocycles. The summed E-state index contributed by atoms with van der Waals surface area (Å²) in [5, 5.41) is 2.89. The van der Waals surface area contributed by atoms with E-state index in [4.69, 9.17) is 4.74 Å². The molecule has 1 heterocycles. The van der Waals surface area contributed by atoms with Gasteiger partial charge in [-0.25, -0.2) is 8.78 Å². The molecule has 1 atom stereocenters. The van der Waals surface area contributed by atoms with Crippen molar-refractivity contribution in [1.29, 1.82) is 0 Å². The van der Waals surface area contributed by atoms with E-state index in [1.165, 1.54) is 18.2 Å². The van der Waals surface area contributed by atoms with Crippen LogP contribution in [0.5, 0.6) is 5.75 Å². The van der Waals surface area contributed by atoms with Gasteiger partial charge >= 0.3 is 0 Å². The third-order valence-electron chi connectivity index (χ3n) is 3.57. The lowest BCUT2D eigenvalue weighted by molar-refractivity contribution is 0.270. The van der Waals surface area contributed by atoms with Gasteiger partial charge in [-0.1, -0.05) is 24.3 Å². The van der Waals surface area contributed by atoms with Crippen molar-refractivity contribution in [3.05, 3.63) is 59.7 Å². The molecule has 0 aliphatic carbocycles. The summed E-state index contributed by atoms with van der Waals surface area (Å²) < 4.78 is 32.7. The highest BCUT2D eigenvalue weighted by atomic mass is 19.1. The van der Waals surface area contributed by atoms with Gasteiger partial charge in [0.1, 0.15) is 23.1 Å². The minimum Gasteiger partial charge on any atom is -0.493 e. The molecule has 0 radical (unpaired) electrons. The number of nitrogens with one attached hydrogen (secondary N) is 1. The molecule has 1 aliphatic rings. The third-order valence-corrected chi connectivity index (χ3v) is 3.57. The maximum absolute atomic E-state index is 13.6. The second kappa shape index (κ2) is 5.49. The summed E-state index contributed by atoms with van der Waals surface area (Å²) in [5.74, 6) is -0.0748. The number of anilines is 1. The maximum Gasteiger partial charge on any atom is 0.149 e. The van der Waals surface area contributed by atoms with Gasteiger partial charge in [0.2, 0.25) is 0 Å². The Labute approximate surface area is 116 Å². The lowest BCUT2D eigenvalue weighted by Crippen LogP contribution is -2.21. The Bertz CT molecular complexity index is 595. The van der Waals surface area contributed by atoms with Gasteiger partial charge in [0.25, 0.3) is 0 Å². The zero-order chi connectivity index (χ0) is 13.9. The number of para-hydroxylation sites is 2. The maximum atomic E-state index is 13.6. The van der Waals surface area contributed by atoms with Crippen LogP contribution >= 0.6 is 0 Å². The van der Waals surface area contributed by atoms with E-state index in [-0.39, 0.29) is 11.6 Å². The molecule has 4 heteroatoms. The molecule has 0 aromatic heterocycles. The lowest BCUT2D eigenvalue weighted by atomic mass is 9.93. The number of hydrogen-bond donors (Lipinski definition) is 1. The molecule has 2 nitrogen and oxygen atoms in total. The topological polar surface area (TPSA) is 21.3 Å². The van der Waals surface area contributed by atoms with E-state index in [0.717, 1.165) is 17.7 Å². The van der Waals surface area contributed by atoms with Crippen molar-refractivity contribution in [1.82, 2.24) is 0 Å². The number of hydrogen-bond acceptors (Lipinski definition) is 2. The predicted molar refractivity (Wildman–Crippen MR) is 74.1 cm³/mol. The molecule has 1 unspecified atom stereocenters. The molecule has 0 amide bonds. The molecule has 2 aromatic carbocycles. The summed E-state index contributed by atoms with van der Waals surface area (Å²) in [7, 11) is 0. The normalized spacial score (nSPS) is 17.2. The molecule has 1 N–H and O–H groups in total. The molecule has 0 fully saturated rings. The van der Waals surface area contributed by atoms with E-state index in [2.05, 4.69) is 5.32 Å². The summed E-state index contributed by atoms with van der Waals surface area (Å²) in [5.41, 5.74) is 1.03. The predicted octanol–water partition coefficient (Wildman–Crippen LogP) is 3.94. The van der Waals surface area contributed by atoms with Crippen molar-refractivity contribution in [2.75, 3.05) is 18.5 Å². The zero-order valence-electron chi connectivity index (χ0n) is 10.9. The molecule has 0 spiro atoms. The molecular formula is C16H15F2NO. The van der Waals surface area contributed by atoms with Gasteiger partial charge in [-0.05, 0) is 30.2 Å². The second-order valence-electron chi connectivity index (χ2n) is 4.85. The van der Waals surface area contributed by atoms with Crippen molar-refractivity contribution >= 4 is 5.69 Å². The first kappa shape index (κ1) is 12.9. The fourth-order valence-electron chi connectivity index (χ4n) is 2.52. The molecule has 2 aromatic rings. The highest BCUT2D eigenvalue weighted by Crippen LogP contribution is 2.33. The van der Waals surface area contributed by atoms with Crippen LogP contribution in [0.2, 0.25) is 0 Å². The van der Waals surface area contributed by atoms with Gasteiger partial charge in [0.05, 0.1) is 6.61 Å². The first-order chi connectivity index (χ1) is 9.75. The average Bonchev–Trinajstić information content (AvgIpc) is 2.47. The Morgan fingerprint density at radius 3 is 2.60 bits per heavy atom. The Morgan fingerprint density at radius 1 is 1.05 bits per heavy atom. The quantitative estimate of drug-likeness (QED) is 0.916. The van der Waals surface area contributed by atoms with Crippen LogP contribution < -0.4 is 10.1 Å². The van der Waals surface area contributed by atoms with Crippen molar-refractivity contribution in [2.45, 2.75) is 12.3 Å². The SMILES string of the molecule is Fc1cccc(F)c1NCC1CCOc2ccccc21. The molecule has 1 aliphatic heterocycles. The third kappa shape index (κ3) is 2.46. The van der Waals surface area contributed by atoms with Crippen molar-refractivity contribution in [3.8, 4) is 5.75 Å². The van der Waals surface area contributed by atoms with E-state index in [1.807, 2.05) is 24.3 Å². The van der Waals surface area contributed by atoms with Crippen molar-refractivity contribution in [3.63, 3.8) is 0 Å². The summed E-state index contributed by atoms with van der Waals surface area (Å²) >= 11 is 0. The molecule has 3 rings (SSSR count). The molecule has 0 bridgehead atoms. The monoisotopic (exact) mass is 275 g/mol. The van der Waals surface area contributed by atoms with Crippen LogP contribution in [0.4, 0.5) is 14.5 Å². The second-order valence-corrected chi connectivity index (χ2v) is 4.85. The van der Waals surface area contributed by atoms with Crippen LogP contribution in [0.15, 0.2) is 42.5 Å². The number of fused-ring (bicyclic) bond motifs is 1. The molecule has 104 valence electrons. The van der Waals surface area contributed by atoms with Gasteiger partial charge in [-0.3, -0.25) is 0 Å². The Morgan fingerprint density at radius 2 is 1.80 bits per heavy atom. The zero-order valence-corrected chi connectivity index (χ0v) is 10.9. The van der Waals surface area contributed by atoms with Crippen LogP contribution in [-0.4, -0.2) is 13.2 Å². The number of halogens is 2. The minimum atomic E-state index is -0.564. The number of benzene rings is 2. The largest absolute Gasteiger partial charge is 0.493 e. The van der Waals surface area contributed by atoms with Gasteiger partial charge in [0, 0.05) is 12.5 Å². The van der Waals surface area contributed by atoms with Gasteiger partial charge in [0.15, 0.2) is 0 Å². The van der Waals surface area contributed by atoms with E-state index >= 15 is 0 Å². The summed E-state index contributed by atoms with van der Waals surface area (Å²) in [6, 6.07) is 11.7. The first-order valence-corrected chi connectivity index (χ1v) is 6.65. The van der Waals surface area contributed by atoms with Gasteiger partial charge < -0.3 is 10.1 Å². The smallest absolute Gasteiger partial charge is 0.149 e. The summed E-state index contributed by atoms with van der Waals surface area (Å²) in [4.78, 5) is 0. The Kier molecular flexibility index (Phi) is 3.54. The van der Waals surface area contributed by atoms with Crippen LogP contribution in [-0.2, 0) is 0 Å². The summed E-state index contributed by atoms with van der Waals surface area (Å²) in [6.07, 6.45) is 0.833. The first-order valence-electron chi connectivity index (χ1n) is 6.65. The van der Waals surface area contributed by atoms with Crippen LogP contribution in [0, 0.1) is 11.6 Å². The van der Waals surface area contributed by atoms with Crippen LogP contribution in [0.3, 0.4) is 0 Å². The fourth-order valence-corrected chi connectivity index (χ4v) is 2.52. The average molecular weight is 275 g/mol. The van der Waals surface area contributed by atoms with Crippen molar-refractivity contribution in [2.24, 2.45) is 0 Å². The Balaban J connectivity index is 1.77. The standard InChI is InChI=1S/C16H15F2NO/c17-13-5-3-6-14(18)16(13)19-10-11-8-9-20-15-7-2-1-4-12(11)15/h1-7,11,19H,8-10H2. The van der Waals surface area contributed by atoms with E-state index in [0.29, 0.717) is 13.2 Å². The van der Waals surface area contributed by atoms with E-state index < -0.39 is 11.6 Å². The van der Waals surface area contributed by atoms with Gasteiger partial charge in [-0.15, -0.1) is 0 Å². The van der Waals surface area contributed by atoms with Crippen molar-refractivity contribution < 1.29 is 13.5 Å². The molecule has 0 saturated heterocycles. The minimum absolute atomic E-state index is 0.0588. The van der Waals surface area contributed by atoms with E-state index in [9.17, 15) is 8.78 Å². The highest BCUT2D eigenvalue weighted by Gasteiger charge is 2.21. The fraction of sp³-hybridized carbons (Fsp3) is 0.250. The number of rotatable bonds is 3. The van der Waals surface area contributed by atoms with Crippen LogP contribution in [0.1, 0.15) is 17.9 Å². The van der Waals surface area contributed by atoms with Gasteiger partial charge in [-0.2, -0.15) is 0 Å². The number of ether oxygens (including phenoxy) is 1. The highest BCUT2D eigenvalue weighted by molar-refractivity contribution is 5.47. The molecule has 20 heavy (non-hydrogen) atoms. The Hall–Kier alpha value is -2.10. The van der Waals surface area contributed by atoms with Crippen LogP contribution in [0.25, 0.3) is 0 Å².